The van der Waals surface area contributed by atoms with E-state index in [2.05, 4.69) is 32.7 Å². The predicted molar refractivity (Wildman–Crippen MR) is 117 cm³/mol. The van der Waals surface area contributed by atoms with E-state index in [4.69, 9.17) is 0 Å². The number of carbonyl (C=O) groups is 1. The number of hydrogen-bond donors (Lipinski definition) is 3. The monoisotopic (exact) mass is 437 g/mol. The van der Waals surface area contributed by atoms with Crippen LogP contribution in [0, 0.1) is 0 Å². The first-order chi connectivity index (χ1) is 13.2. The Labute approximate surface area is 181 Å². The second-order valence-electron chi connectivity index (χ2n) is 6.96. The van der Waals surface area contributed by atoms with Crippen LogP contribution in [0.5, 0.6) is 0 Å². The van der Waals surface area contributed by atoms with E-state index in [1.54, 1.807) is 18.6 Å². The van der Waals surface area contributed by atoms with E-state index in [0.717, 1.165) is 18.6 Å². The van der Waals surface area contributed by atoms with Gasteiger partial charge in [0.15, 0.2) is 5.65 Å². The number of nitrogens with one attached hydrogen (secondary N) is 2. The summed E-state index contributed by atoms with van der Waals surface area (Å²) in [6.45, 7) is 2.01. The fourth-order valence-electron chi connectivity index (χ4n) is 3.43. The summed E-state index contributed by atoms with van der Waals surface area (Å²) in [6.07, 6.45) is 4.38. The molecule has 3 aromatic rings. The maximum Gasteiger partial charge on any atom is 0.253 e. The van der Waals surface area contributed by atoms with Crippen molar-refractivity contribution in [3.8, 4) is 0 Å². The van der Waals surface area contributed by atoms with E-state index in [1.165, 1.54) is 5.56 Å². The van der Waals surface area contributed by atoms with Gasteiger partial charge in [0.1, 0.15) is 5.52 Å². The number of nitrogens with zero attached hydrogens (tertiary/aromatic N) is 3. The Balaban J connectivity index is 0.00000150. The molecule has 3 heterocycles. The Morgan fingerprint density at radius 3 is 2.76 bits per heavy atom. The Hall–Kier alpha value is -2.19. The lowest BCUT2D eigenvalue weighted by Crippen LogP contribution is -2.50. The van der Waals surface area contributed by atoms with Gasteiger partial charge in [0.2, 0.25) is 0 Å². The third-order valence-electron chi connectivity index (χ3n) is 4.86. The third kappa shape index (κ3) is 5.67. The highest BCUT2D eigenvalue weighted by molar-refractivity contribution is 5.96. The fourth-order valence-corrected chi connectivity index (χ4v) is 3.43. The van der Waals surface area contributed by atoms with Crippen LogP contribution in [0.1, 0.15) is 22.3 Å². The number of pyridine rings is 1. The van der Waals surface area contributed by atoms with Crippen molar-refractivity contribution in [3.05, 3.63) is 60.0 Å². The number of piperidine rings is 1. The van der Waals surface area contributed by atoms with E-state index in [1.807, 2.05) is 22.8 Å². The molecular weight excluding hydrogens is 413 g/mol. The number of fused-ring (bicyclic) bond motifs is 1. The molecule has 9 heteroatoms. The van der Waals surface area contributed by atoms with Crippen LogP contribution < -0.4 is 10.6 Å². The first-order valence-corrected chi connectivity index (χ1v) is 9.23. The Morgan fingerprint density at radius 1 is 1.21 bits per heavy atom. The van der Waals surface area contributed by atoms with E-state index < -0.39 is 6.10 Å². The molecule has 2 aromatic heterocycles. The zero-order chi connectivity index (χ0) is 18.6. The number of aliphatic hydroxyl groups excluding tert-OH is 1. The van der Waals surface area contributed by atoms with Gasteiger partial charge in [-0.05, 0) is 24.5 Å². The molecule has 1 amide bonds. The maximum absolute atomic E-state index is 12.5. The molecule has 1 aliphatic heterocycles. The molecule has 3 N–H and O–H groups in total. The maximum atomic E-state index is 12.5. The van der Waals surface area contributed by atoms with Gasteiger partial charge in [-0.1, -0.05) is 30.3 Å². The summed E-state index contributed by atoms with van der Waals surface area (Å²) < 4.78 is 2.01. The van der Waals surface area contributed by atoms with Crippen molar-refractivity contribution in [2.24, 2.45) is 0 Å². The molecule has 7 nitrogen and oxygen atoms in total. The molecule has 0 bridgehead atoms. The molecule has 0 unspecified atom stereocenters. The molecule has 0 spiro atoms. The molecule has 0 saturated carbocycles. The van der Waals surface area contributed by atoms with Crippen LogP contribution in [0.4, 0.5) is 0 Å². The number of imidazole rings is 1. The van der Waals surface area contributed by atoms with E-state index in [9.17, 15) is 9.90 Å². The Bertz CT molecular complexity index is 935. The number of benzene rings is 1. The number of aryl methyl sites for hydroxylation is 2. The van der Waals surface area contributed by atoms with Crippen molar-refractivity contribution in [2.75, 3.05) is 13.1 Å². The molecule has 29 heavy (non-hydrogen) atoms. The van der Waals surface area contributed by atoms with Gasteiger partial charge in [0.05, 0.1) is 18.0 Å². The van der Waals surface area contributed by atoms with E-state index in [0.29, 0.717) is 30.6 Å². The second-order valence-corrected chi connectivity index (χ2v) is 6.96. The van der Waals surface area contributed by atoms with Gasteiger partial charge in [-0.2, -0.15) is 0 Å². The summed E-state index contributed by atoms with van der Waals surface area (Å²) >= 11 is 0. The average Bonchev–Trinajstić information content (AvgIpc) is 3.09. The van der Waals surface area contributed by atoms with Crippen LogP contribution in [0.3, 0.4) is 0 Å². The highest BCUT2D eigenvalue weighted by atomic mass is 35.5. The van der Waals surface area contributed by atoms with E-state index in [-0.39, 0.29) is 36.8 Å². The van der Waals surface area contributed by atoms with Crippen LogP contribution in [0.2, 0.25) is 0 Å². The summed E-state index contributed by atoms with van der Waals surface area (Å²) in [7, 11) is 0. The average molecular weight is 438 g/mol. The summed E-state index contributed by atoms with van der Waals surface area (Å²) in [6, 6.07) is 12.0. The summed E-state index contributed by atoms with van der Waals surface area (Å²) in [5.74, 6) is -0.191. The normalized spacial score (nSPS) is 18.5. The molecule has 4 rings (SSSR count). The van der Waals surface area contributed by atoms with Crippen molar-refractivity contribution in [1.82, 2.24) is 25.2 Å². The van der Waals surface area contributed by atoms with Gasteiger partial charge in [0.25, 0.3) is 5.91 Å². The van der Waals surface area contributed by atoms with Crippen molar-refractivity contribution < 1.29 is 9.90 Å². The quantitative estimate of drug-likeness (QED) is 0.567. The minimum absolute atomic E-state index is 0. The lowest BCUT2D eigenvalue weighted by atomic mass is 10.0. The minimum atomic E-state index is -0.426. The Morgan fingerprint density at radius 2 is 2.00 bits per heavy atom. The van der Waals surface area contributed by atoms with Gasteiger partial charge >= 0.3 is 0 Å². The SMILES string of the molecule is Cl.Cl.O=C(N[C@@H]1CNC[C@H](O)C1)c1cnc2c(c1)ncn2CCc1ccccc1. The van der Waals surface area contributed by atoms with Crippen LogP contribution in [0.25, 0.3) is 11.2 Å². The molecule has 0 radical (unpaired) electrons. The van der Waals surface area contributed by atoms with Gasteiger partial charge in [-0.15, -0.1) is 24.8 Å². The molecule has 1 aromatic carbocycles. The van der Waals surface area contributed by atoms with Gasteiger partial charge < -0.3 is 20.3 Å². The zero-order valence-electron chi connectivity index (χ0n) is 15.8. The van der Waals surface area contributed by atoms with Gasteiger partial charge in [0, 0.05) is 31.9 Å². The number of β-amino-alcohol motifs (C(OH)–C–C–N with tert-alkyl or cyclic N) is 1. The lowest BCUT2D eigenvalue weighted by Gasteiger charge is -2.27. The highest BCUT2D eigenvalue weighted by Gasteiger charge is 2.22. The second kappa shape index (κ2) is 10.5. The van der Waals surface area contributed by atoms with Crippen LogP contribution in [-0.2, 0) is 13.0 Å². The van der Waals surface area contributed by atoms with Crippen molar-refractivity contribution in [3.63, 3.8) is 0 Å². The molecule has 1 fully saturated rings. The molecule has 1 saturated heterocycles. The number of rotatable bonds is 5. The molecular formula is C20H25Cl2N5O2. The number of aliphatic hydroxyl groups is 1. The summed E-state index contributed by atoms with van der Waals surface area (Å²) in [5, 5.41) is 15.8. The molecule has 1 aliphatic rings. The molecule has 0 aliphatic carbocycles. The van der Waals surface area contributed by atoms with Crippen LogP contribution in [-0.4, -0.2) is 50.8 Å². The van der Waals surface area contributed by atoms with Crippen molar-refractivity contribution >= 4 is 41.9 Å². The van der Waals surface area contributed by atoms with Crippen molar-refractivity contribution in [2.45, 2.75) is 31.5 Å². The predicted octanol–water partition coefficient (Wildman–Crippen LogP) is 1.97. The first-order valence-electron chi connectivity index (χ1n) is 9.23. The smallest absolute Gasteiger partial charge is 0.253 e. The molecule has 156 valence electrons. The van der Waals surface area contributed by atoms with E-state index >= 15 is 0 Å². The third-order valence-corrected chi connectivity index (χ3v) is 4.86. The van der Waals surface area contributed by atoms with Gasteiger partial charge in [-0.3, -0.25) is 4.79 Å². The number of amides is 1. The molecule has 2 atom stereocenters. The number of aromatic nitrogens is 3. The Kier molecular flexibility index (Phi) is 8.40. The zero-order valence-corrected chi connectivity index (χ0v) is 17.5. The fraction of sp³-hybridized carbons (Fsp3) is 0.350. The standard InChI is InChI=1S/C20H23N5O2.2ClH/c26-17-9-16(11-21-12-17)24-20(27)15-8-18-19(22-10-15)25(13-23-18)7-6-14-4-2-1-3-5-14;;/h1-5,8,10,13,16-17,21,26H,6-7,9,11-12H2,(H,24,27);2*1H/t16-,17+;;/m0../s1. The largest absolute Gasteiger partial charge is 0.392 e. The summed E-state index contributed by atoms with van der Waals surface area (Å²) in [4.78, 5) is 21.3. The number of carbonyl (C=O) groups excluding carboxylic acids is 1. The first kappa shape index (κ1) is 23.1. The summed E-state index contributed by atoms with van der Waals surface area (Å²) in [5.41, 5.74) is 3.23. The minimum Gasteiger partial charge on any atom is -0.392 e. The lowest BCUT2D eigenvalue weighted by molar-refractivity contribution is 0.0876. The van der Waals surface area contributed by atoms with Crippen molar-refractivity contribution in [1.29, 1.82) is 0 Å². The van der Waals surface area contributed by atoms with Crippen LogP contribution in [0.15, 0.2) is 48.9 Å². The number of hydrogen-bond acceptors (Lipinski definition) is 5. The van der Waals surface area contributed by atoms with Crippen LogP contribution >= 0.6 is 24.8 Å². The topological polar surface area (TPSA) is 92.1 Å². The number of halogens is 2. The van der Waals surface area contributed by atoms with Gasteiger partial charge in [-0.25, -0.2) is 9.97 Å². The highest BCUT2D eigenvalue weighted by Crippen LogP contribution is 2.14.